The summed E-state index contributed by atoms with van der Waals surface area (Å²) >= 11 is 0. The molecule has 4 rings (SSSR count). The Balaban J connectivity index is 1.46. The van der Waals surface area contributed by atoms with Crippen LogP contribution in [-0.4, -0.2) is 60.1 Å². The van der Waals surface area contributed by atoms with Crippen molar-refractivity contribution in [3.8, 4) is 0 Å². The highest BCUT2D eigenvalue weighted by atomic mass is 16.5. The van der Waals surface area contributed by atoms with Gasteiger partial charge >= 0.3 is 0 Å². The molecule has 0 saturated carbocycles. The van der Waals surface area contributed by atoms with Crippen molar-refractivity contribution < 1.29 is 9.53 Å². The number of hydrogen-bond acceptors (Lipinski definition) is 3. The van der Waals surface area contributed by atoms with Crippen LogP contribution in [0.5, 0.6) is 0 Å². The fraction of sp³-hybridized carbons (Fsp3) is 0.667. The lowest BCUT2D eigenvalue weighted by molar-refractivity contribution is -0.0806. The van der Waals surface area contributed by atoms with Gasteiger partial charge in [0.1, 0.15) is 0 Å². The molecule has 3 heterocycles. The molecule has 3 saturated heterocycles. The van der Waals surface area contributed by atoms with Gasteiger partial charge in [0, 0.05) is 43.9 Å². The van der Waals surface area contributed by atoms with Crippen molar-refractivity contribution in [3.05, 3.63) is 34.9 Å². The molecule has 1 aromatic carbocycles. The van der Waals surface area contributed by atoms with Gasteiger partial charge in [0.15, 0.2) is 0 Å². The van der Waals surface area contributed by atoms with E-state index in [4.69, 9.17) is 4.74 Å². The van der Waals surface area contributed by atoms with Gasteiger partial charge in [-0.3, -0.25) is 9.69 Å². The molecule has 3 fully saturated rings. The third-order valence-corrected chi connectivity index (χ3v) is 6.42. The Hall–Kier alpha value is -1.39. The molecule has 0 unspecified atom stereocenters. The molecule has 136 valence electrons. The molecular weight excluding hydrogens is 312 g/mol. The Bertz CT molecular complexity index is 653. The zero-order chi connectivity index (χ0) is 17.4. The number of likely N-dealkylation sites (tertiary alicyclic amines) is 2. The van der Waals surface area contributed by atoms with Crippen LogP contribution in [0.15, 0.2) is 18.2 Å². The monoisotopic (exact) mass is 342 g/mol. The Morgan fingerprint density at radius 3 is 2.80 bits per heavy atom. The SMILES string of the molecule is Cc1ccc(C(=O)N2CCC[C@@]3(CCN3C[C@@H]3CCCO3)C2)c(C)c1. The number of carbonyl (C=O) groups is 1. The first-order valence-corrected chi connectivity index (χ1v) is 9.81. The topological polar surface area (TPSA) is 32.8 Å². The van der Waals surface area contributed by atoms with E-state index in [1.54, 1.807) is 0 Å². The summed E-state index contributed by atoms with van der Waals surface area (Å²) in [6.07, 6.45) is 6.34. The lowest BCUT2D eigenvalue weighted by Gasteiger charge is -2.57. The molecule has 3 aliphatic rings. The Labute approximate surface area is 151 Å². The average molecular weight is 342 g/mol. The minimum Gasteiger partial charge on any atom is -0.377 e. The first kappa shape index (κ1) is 17.0. The zero-order valence-corrected chi connectivity index (χ0v) is 15.6. The van der Waals surface area contributed by atoms with Gasteiger partial charge < -0.3 is 9.64 Å². The molecule has 0 bridgehead atoms. The van der Waals surface area contributed by atoms with E-state index in [-0.39, 0.29) is 11.4 Å². The van der Waals surface area contributed by atoms with Crippen LogP contribution in [0.1, 0.15) is 53.6 Å². The lowest BCUT2D eigenvalue weighted by atomic mass is 9.77. The van der Waals surface area contributed by atoms with Crippen LogP contribution < -0.4 is 0 Å². The maximum Gasteiger partial charge on any atom is 0.254 e. The molecule has 4 heteroatoms. The summed E-state index contributed by atoms with van der Waals surface area (Å²) in [5.74, 6) is 0.209. The van der Waals surface area contributed by atoms with E-state index < -0.39 is 0 Å². The molecule has 1 spiro atoms. The lowest BCUT2D eigenvalue weighted by Crippen LogP contribution is -2.68. The summed E-state index contributed by atoms with van der Waals surface area (Å²) in [6.45, 7) is 9.02. The van der Waals surface area contributed by atoms with Gasteiger partial charge in [-0.15, -0.1) is 0 Å². The summed E-state index contributed by atoms with van der Waals surface area (Å²) in [4.78, 5) is 17.8. The number of benzene rings is 1. The second-order valence-corrected chi connectivity index (χ2v) is 8.20. The van der Waals surface area contributed by atoms with Crippen LogP contribution in [0.3, 0.4) is 0 Å². The van der Waals surface area contributed by atoms with Crippen LogP contribution in [0.4, 0.5) is 0 Å². The number of hydrogen-bond donors (Lipinski definition) is 0. The molecule has 2 atom stereocenters. The number of rotatable bonds is 3. The van der Waals surface area contributed by atoms with E-state index in [1.165, 1.54) is 31.2 Å². The third-order valence-electron chi connectivity index (χ3n) is 6.42. The number of ether oxygens (including phenoxy) is 1. The summed E-state index contributed by atoms with van der Waals surface area (Å²) in [5.41, 5.74) is 3.38. The molecule has 25 heavy (non-hydrogen) atoms. The third kappa shape index (κ3) is 3.22. The highest BCUT2D eigenvalue weighted by Crippen LogP contribution is 2.39. The average Bonchev–Trinajstić information content (AvgIpc) is 3.12. The van der Waals surface area contributed by atoms with Crippen LogP contribution in [-0.2, 0) is 4.74 Å². The first-order chi connectivity index (χ1) is 12.1. The molecule has 0 N–H and O–H groups in total. The van der Waals surface area contributed by atoms with Crippen LogP contribution in [0.25, 0.3) is 0 Å². The first-order valence-electron chi connectivity index (χ1n) is 9.81. The smallest absolute Gasteiger partial charge is 0.254 e. The highest BCUT2D eigenvalue weighted by molar-refractivity contribution is 5.95. The predicted octanol–water partition coefficient (Wildman–Crippen LogP) is 3.16. The molecule has 4 nitrogen and oxygen atoms in total. The van der Waals surface area contributed by atoms with Gasteiger partial charge in [0.05, 0.1) is 6.10 Å². The van der Waals surface area contributed by atoms with E-state index in [9.17, 15) is 4.79 Å². The summed E-state index contributed by atoms with van der Waals surface area (Å²) in [7, 11) is 0. The van der Waals surface area contributed by atoms with Crippen LogP contribution in [0.2, 0.25) is 0 Å². The fourth-order valence-corrected chi connectivity index (χ4v) is 4.88. The normalized spacial score (nSPS) is 29.8. The second-order valence-electron chi connectivity index (χ2n) is 8.20. The molecule has 1 aromatic rings. The summed E-state index contributed by atoms with van der Waals surface area (Å²) in [6, 6.07) is 6.16. The number of nitrogens with zero attached hydrogens (tertiary/aromatic N) is 2. The molecule has 3 aliphatic heterocycles. The molecule has 0 aliphatic carbocycles. The van der Waals surface area contributed by atoms with Crippen LogP contribution in [0, 0.1) is 13.8 Å². The van der Waals surface area contributed by atoms with E-state index >= 15 is 0 Å². The van der Waals surface area contributed by atoms with E-state index in [0.29, 0.717) is 6.10 Å². The zero-order valence-electron chi connectivity index (χ0n) is 15.6. The van der Waals surface area contributed by atoms with Crippen molar-refractivity contribution in [1.29, 1.82) is 0 Å². The summed E-state index contributed by atoms with van der Waals surface area (Å²) in [5, 5.41) is 0. The van der Waals surface area contributed by atoms with Crippen molar-refractivity contribution >= 4 is 5.91 Å². The molecule has 0 aromatic heterocycles. The number of aryl methyl sites for hydroxylation is 2. The largest absolute Gasteiger partial charge is 0.377 e. The highest BCUT2D eigenvalue weighted by Gasteiger charge is 2.48. The van der Waals surface area contributed by atoms with Crippen molar-refractivity contribution in [3.63, 3.8) is 0 Å². The Morgan fingerprint density at radius 1 is 1.24 bits per heavy atom. The van der Waals surface area contributed by atoms with Crippen molar-refractivity contribution in [2.24, 2.45) is 0 Å². The second kappa shape index (κ2) is 6.73. The van der Waals surface area contributed by atoms with Crippen molar-refractivity contribution in [2.75, 3.05) is 32.8 Å². The molecule has 0 radical (unpaired) electrons. The van der Waals surface area contributed by atoms with E-state index in [1.807, 2.05) is 19.1 Å². The Kier molecular flexibility index (Phi) is 4.59. The maximum atomic E-state index is 13.1. The minimum absolute atomic E-state index is 0.207. The van der Waals surface area contributed by atoms with Crippen LogP contribution >= 0.6 is 0 Å². The van der Waals surface area contributed by atoms with E-state index in [2.05, 4.69) is 22.8 Å². The van der Waals surface area contributed by atoms with Gasteiger partial charge in [-0.2, -0.15) is 0 Å². The van der Waals surface area contributed by atoms with Gasteiger partial charge in [-0.05, 0) is 57.6 Å². The fourth-order valence-electron chi connectivity index (χ4n) is 4.88. The Morgan fingerprint density at radius 2 is 2.12 bits per heavy atom. The number of carbonyl (C=O) groups excluding carboxylic acids is 1. The predicted molar refractivity (Wildman–Crippen MR) is 98.9 cm³/mol. The quantitative estimate of drug-likeness (QED) is 0.846. The van der Waals surface area contributed by atoms with Crippen molar-refractivity contribution in [2.45, 2.75) is 57.6 Å². The van der Waals surface area contributed by atoms with Gasteiger partial charge in [-0.25, -0.2) is 0 Å². The van der Waals surface area contributed by atoms with Crippen molar-refractivity contribution in [1.82, 2.24) is 9.80 Å². The number of piperidine rings is 1. The number of amides is 1. The maximum absolute atomic E-state index is 13.1. The van der Waals surface area contributed by atoms with Gasteiger partial charge in [0.25, 0.3) is 5.91 Å². The van der Waals surface area contributed by atoms with Gasteiger partial charge in [-0.1, -0.05) is 17.7 Å². The van der Waals surface area contributed by atoms with Gasteiger partial charge in [0.2, 0.25) is 0 Å². The standard InChI is InChI=1S/C21H30N2O2/c1-16-6-7-19(17(2)13-16)20(24)22-10-4-8-21(15-22)9-11-23(21)14-18-5-3-12-25-18/h6-7,13,18H,3-5,8-12,14-15H2,1-2H3/t18-,21+/m0/s1. The minimum atomic E-state index is 0.207. The summed E-state index contributed by atoms with van der Waals surface area (Å²) < 4.78 is 5.84. The molecular formula is C21H30N2O2. The molecule has 1 amide bonds. The van der Waals surface area contributed by atoms with E-state index in [0.717, 1.165) is 50.3 Å².